The van der Waals surface area contributed by atoms with E-state index in [2.05, 4.69) is 6.58 Å². The Morgan fingerprint density at radius 3 is 2.35 bits per heavy atom. The van der Waals surface area contributed by atoms with E-state index in [9.17, 15) is 8.42 Å². The van der Waals surface area contributed by atoms with Crippen molar-refractivity contribution in [2.75, 3.05) is 13.7 Å². The molecule has 2 aromatic carbocycles. The molecule has 0 radical (unpaired) electrons. The molecule has 1 aliphatic rings. The van der Waals surface area contributed by atoms with Crippen molar-refractivity contribution in [3.8, 4) is 5.75 Å². The van der Waals surface area contributed by atoms with Crippen LogP contribution in [-0.2, 0) is 10.0 Å². The summed E-state index contributed by atoms with van der Waals surface area (Å²) in [7, 11) is -1.92. The molecule has 3 rings (SSSR count). The van der Waals surface area contributed by atoms with Gasteiger partial charge in [0, 0.05) is 6.54 Å². The van der Waals surface area contributed by atoms with Gasteiger partial charge in [0.25, 0.3) is 0 Å². The van der Waals surface area contributed by atoms with Crippen LogP contribution < -0.4 is 4.74 Å². The Morgan fingerprint density at radius 2 is 1.73 bits per heavy atom. The number of methoxy groups -OCH3 is 1. The van der Waals surface area contributed by atoms with Crippen LogP contribution in [0, 0.1) is 6.92 Å². The molecule has 0 bridgehead atoms. The Morgan fingerprint density at radius 1 is 1.08 bits per heavy atom. The van der Waals surface area contributed by atoms with Crippen molar-refractivity contribution in [1.82, 2.24) is 4.31 Å². The van der Waals surface area contributed by atoms with Crippen LogP contribution in [0.15, 0.2) is 60.0 Å². The third-order valence-electron chi connectivity index (χ3n) is 4.94. The molecule has 0 saturated carbocycles. The fraction of sp³-hybridized carbons (Fsp3) is 0.333. The van der Waals surface area contributed by atoms with Crippen molar-refractivity contribution < 1.29 is 13.2 Å². The number of hydrogen-bond acceptors (Lipinski definition) is 3. The normalized spacial score (nSPS) is 18.5. The number of sulfonamides is 1. The van der Waals surface area contributed by atoms with Crippen LogP contribution in [0.3, 0.4) is 0 Å². The predicted molar refractivity (Wildman–Crippen MR) is 105 cm³/mol. The first-order valence-corrected chi connectivity index (χ1v) is 10.3. The highest BCUT2D eigenvalue weighted by molar-refractivity contribution is 7.89. The number of aryl methyl sites for hydroxylation is 1. The van der Waals surface area contributed by atoms with E-state index in [-0.39, 0.29) is 6.04 Å². The zero-order valence-corrected chi connectivity index (χ0v) is 16.1. The monoisotopic (exact) mass is 371 g/mol. The van der Waals surface area contributed by atoms with Gasteiger partial charge in [0.15, 0.2) is 0 Å². The minimum absolute atomic E-state index is 0.219. The van der Waals surface area contributed by atoms with Crippen LogP contribution in [0.1, 0.15) is 30.4 Å². The smallest absolute Gasteiger partial charge is 0.243 e. The summed E-state index contributed by atoms with van der Waals surface area (Å²) >= 11 is 0. The second kappa shape index (κ2) is 7.64. The third kappa shape index (κ3) is 3.69. The quantitative estimate of drug-likeness (QED) is 0.789. The van der Waals surface area contributed by atoms with Crippen LogP contribution in [0.4, 0.5) is 0 Å². The first-order valence-electron chi connectivity index (χ1n) is 8.85. The summed E-state index contributed by atoms with van der Waals surface area (Å²) in [5, 5.41) is 0. The van der Waals surface area contributed by atoms with Crippen molar-refractivity contribution in [2.24, 2.45) is 0 Å². The van der Waals surface area contributed by atoms with E-state index in [1.165, 1.54) is 0 Å². The number of nitrogens with zero attached hydrogens (tertiary/aromatic N) is 1. The number of benzene rings is 2. The summed E-state index contributed by atoms with van der Waals surface area (Å²) in [4.78, 5) is 0.345. The molecule has 26 heavy (non-hydrogen) atoms. The average molecular weight is 372 g/mol. The van der Waals surface area contributed by atoms with E-state index >= 15 is 0 Å². The summed E-state index contributed by atoms with van der Waals surface area (Å²) in [6, 6.07) is 14.5. The molecule has 138 valence electrons. The van der Waals surface area contributed by atoms with Gasteiger partial charge < -0.3 is 4.74 Å². The van der Waals surface area contributed by atoms with E-state index in [0.29, 0.717) is 11.4 Å². The Kier molecular flexibility index (Phi) is 5.49. The van der Waals surface area contributed by atoms with Gasteiger partial charge in [0.05, 0.1) is 18.0 Å². The summed E-state index contributed by atoms with van der Waals surface area (Å²) in [6.07, 6.45) is 2.66. The SMILES string of the molecule is C=C(c1ccc(OC)cc1)C1CCCCN1S(=O)(=O)c1ccc(C)cc1. The molecule has 1 aliphatic heterocycles. The summed E-state index contributed by atoms with van der Waals surface area (Å²) < 4.78 is 33.2. The lowest BCUT2D eigenvalue weighted by Crippen LogP contribution is -2.44. The minimum atomic E-state index is -3.55. The highest BCUT2D eigenvalue weighted by Gasteiger charge is 2.35. The second-order valence-electron chi connectivity index (χ2n) is 6.69. The molecule has 1 unspecified atom stereocenters. The van der Waals surface area contributed by atoms with Crippen molar-refractivity contribution in [2.45, 2.75) is 37.1 Å². The van der Waals surface area contributed by atoms with E-state index < -0.39 is 10.0 Å². The van der Waals surface area contributed by atoms with Gasteiger partial charge in [-0.1, -0.05) is 42.8 Å². The first-order chi connectivity index (χ1) is 12.4. The second-order valence-corrected chi connectivity index (χ2v) is 8.58. The molecule has 5 heteroatoms. The van der Waals surface area contributed by atoms with Gasteiger partial charge in [-0.15, -0.1) is 0 Å². The largest absolute Gasteiger partial charge is 0.497 e. The standard InChI is InChI=1S/C21H25NO3S/c1-16-7-13-20(14-8-16)26(23,24)22-15-5-4-6-21(22)17(2)18-9-11-19(25-3)12-10-18/h7-14,21H,2,4-6,15H2,1,3H3. The van der Waals surface area contributed by atoms with Crippen LogP contribution in [-0.4, -0.2) is 32.4 Å². The maximum absolute atomic E-state index is 13.2. The summed E-state index contributed by atoms with van der Waals surface area (Å²) in [5.41, 5.74) is 2.83. The Hall–Kier alpha value is -2.11. The molecule has 1 atom stereocenters. The zero-order chi connectivity index (χ0) is 18.7. The van der Waals surface area contributed by atoms with Crippen LogP contribution >= 0.6 is 0 Å². The molecular weight excluding hydrogens is 346 g/mol. The molecule has 4 nitrogen and oxygen atoms in total. The molecule has 1 heterocycles. The van der Waals surface area contributed by atoms with Gasteiger partial charge >= 0.3 is 0 Å². The van der Waals surface area contributed by atoms with Crippen LogP contribution in [0.25, 0.3) is 5.57 Å². The Balaban J connectivity index is 1.91. The van der Waals surface area contributed by atoms with E-state index in [4.69, 9.17) is 4.74 Å². The fourth-order valence-corrected chi connectivity index (χ4v) is 5.07. The van der Waals surface area contributed by atoms with Crippen molar-refractivity contribution in [3.63, 3.8) is 0 Å². The van der Waals surface area contributed by atoms with Gasteiger partial charge in [0.2, 0.25) is 10.0 Å². The van der Waals surface area contributed by atoms with E-state index in [1.807, 2.05) is 43.3 Å². The van der Waals surface area contributed by atoms with Crippen LogP contribution in [0.5, 0.6) is 5.75 Å². The maximum atomic E-state index is 13.2. The Labute approximate surface area is 156 Å². The molecular formula is C21H25NO3S. The molecule has 1 fully saturated rings. The summed E-state index contributed by atoms with van der Waals surface area (Å²) in [5.74, 6) is 0.773. The molecule has 0 spiro atoms. The van der Waals surface area contributed by atoms with Crippen molar-refractivity contribution in [1.29, 1.82) is 0 Å². The minimum Gasteiger partial charge on any atom is -0.497 e. The van der Waals surface area contributed by atoms with Gasteiger partial charge in [-0.3, -0.25) is 0 Å². The van der Waals surface area contributed by atoms with Gasteiger partial charge in [-0.25, -0.2) is 8.42 Å². The average Bonchev–Trinajstić information content (AvgIpc) is 2.68. The van der Waals surface area contributed by atoms with Crippen LogP contribution in [0.2, 0.25) is 0 Å². The van der Waals surface area contributed by atoms with E-state index in [1.54, 1.807) is 23.5 Å². The van der Waals surface area contributed by atoms with Crippen molar-refractivity contribution >= 4 is 15.6 Å². The number of rotatable bonds is 5. The zero-order valence-electron chi connectivity index (χ0n) is 15.3. The number of piperidine rings is 1. The highest BCUT2D eigenvalue weighted by Crippen LogP contribution is 2.33. The molecule has 0 N–H and O–H groups in total. The predicted octanol–water partition coefficient (Wildman–Crippen LogP) is 4.26. The highest BCUT2D eigenvalue weighted by atomic mass is 32.2. The molecule has 2 aromatic rings. The van der Waals surface area contributed by atoms with E-state index in [0.717, 1.165) is 41.7 Å². The first kappa shape index (κ1) is 18.7. The van der Waals surface area contributed by atoms with Gasteiger partial charge in [-0.05, 0) is 55.2 Å². The van der Waals surface area contributed by atoms with Gasteiger partial charge in [0.1, 0.15) is 5.75 Å². The Bertz CT molecular complexity index is 870. The van der Waals surface area contributed by atoms with Gasteiger partial charge in [-0.2, -0.15) is 4.31 Å². The number of hydrogen-bond donors (Lipinski definition) is 0. The van der Waals surface area contributed by atoms with Crippen molar-refractivity contribution in [3.05, 3.63) is 66.2 Å². The lowest BCUT2D eigenvalue weighted by atomic mass is 9.93. The molecule has 0 aromatic heterocycles. The number of ether oxygens (including phenoxy) is 1. The third-order valence-corrected chi connectivity index (χ3v) is 6.87. The lowest BCUT2D eigenvalue weighted by molar-refractivity contribution is 0.299. The summed E-state index contributed by atoms with van der Waals surface area (Å²) in [6.45, 7) is 6.70. The molecule has 0 aliphatic carbocycles. The lowest BCUT2D eigenvalue weighted by Gasteiger charge is -2.36. The maximum Gasteiger partial charge on any atom is 0.243 e. The molecule has 1 saturated heterocycles. The topological polar surface area (TPSA) is 46.6 Å². The molecule has 0 amide bonds. The fourth-order valence-electron chi connectivity index (χ4n) is 3.38.